The highest BCUT2D eigenvalue weighted by atomic mass is 16.5. The molecule has 26 heavy (non-hydrogen) atoms. The third-order valence-corrected chi connectivity index (χ3v) is 7.24. The highest BCUT2D eigenvalue weighted by Gasteiger charge is 2.53. The lowest BCUT2D eigenvalue weighted by molar-refractivity contribution is -0.131. The molecule has 1 N–H and O–H groups in total. The summed E-state index contributed by atoms with van der Waals surface area (Å²) >= 11 is 0. The smallest absolute Gasteiger partial charge is 0.308 e. The number of fused-ring (bicyclic) bond motifs is 3. The second-order valence-electron chi connectivity index (χ2n) is 8.62. The lowest BCUT2D eigenvalue weighted by Gasteiger charge is -2.41. The monoisotopic (exact) mass is 352 g/mol. The van der Waals surface area contributed by atoms with E-state index in [4.69, 9.17) is 4.74 Å². The molecule has 1 aromatic heterocycles. The average molecular weight is 352 g/mol. The van der Waals surface area contributed by atoms with E-state index in [-0.39, 0.29) is 5.97 Å². The van der Waals surface area contributed by atoms with Gasteiger partial charge >= 0.3 is 5.97 Å². The first kappa shape index (κ1) is 16.4. The Morgan fingerprint density at radius 2 is 2.23 bits per heavy atom. The second-order valence-corrected chi connectivity index (χ2v) is 8.62. The van der Waals surface area contributed by atoms with Gasteiger partial charge < -0.3 is 9.72 Å². The molecule has 4 nitrogen and oxygen atoms in total. The Morgan fingerprint density at radius 3 is 3.00 bits per heavy atom. The Labute approximate surface area is 154 Å². The van der Waals surface area contributed by atoms with Gasteiger partial charge in [-0.3, -0.25) is 9.69 Å². The molecular weight excluding hydrogens is 324 g/mol. The molecule has 3 heterocycles. The summed E-state index contributed by atoms with van der Waals surface area (Å²) in [7, 11) is 0. The van der Waals surface area contributed by atoms with E-state index >= 15 is 0 Å². The highest BCUT2D eigenvalue weighted by molar-refractivity contribution is 5.87. The first-order valence-electron chi connectivity index (χ1n) is 10.1. The molecule has 4 bridgehead atoms. The van der Waals surface area contributed by atoms with Crippen LogP contribution in [0, 0.1) is 17.8 Å². The van der Waals surface area contributed by atoms with Gasteiger partial charge in [0.15, 0.2) is 0 Å². The molecule has 4 heteroatoms. The first-order chi connectivity index (χ1) is 12.6. The Kier molecular flexibility index (Phi) is 3.68. The van der Waals surface area contributed by atoms with Crippen molar-refractivity contribution in [1.29, 1.82) is 0 Å². The van der Waals surface area contributed by atoms with E-state index in [9.17, 15) is 4.79 Å². The lowest BCUT2D eigenvalue weighted by Crippen LogP contribution is -2.42. The van der Waals surface area contributed by atoms with E-state index in [1.807, 2.05) is 6.07 Å². The minimum Gasteiger partial charge on any atom is -0.427 e. The summed E-state index contributed by atoms with van der Waals surface area (Å²) in [5, 5.41) is 1.24. The van der Waals surface area contributed by atoms with Crippen LogP contribution < -0.4 is 4.74 Å². The average Bonchev–Trinajstić information content (AvgIpc) is 3.00. The Hall–Kier alpha value is -1.81. The van der Waals surface area contributed by atoms with Crippen molar-refractivity contribution in [3.8, 4) is 5.75 Å². The number of aromatic amines is 1. The third kappa shape index (κ3) is 2.27. The maximum absolute atomic E-state index is 11.3. The number of carbonyl (C=O) groups excluding carboxylic acids is 1. The minimum atomic E-state index is -0.259. The zero-order chi connectivity index (χ0) is 18.0. The fraction of sp³-hybridized carbons (Fsp3) is 0.591. The number of benzene rings is 1. The van der Waals surface area contributed by atoms with E-state index in [0.29, 0.717) is 17.7 Å². The summed E-state index contributed by atoms with van der Waals surface area (Å²) in [6.45, 7) is 8.71. The normalized spacial score (nSPS) is 35.2. The van der Waals surface area contributed by atoms with Crippen molar-refractivity contribution in [3.05, 3.63) is 29.5 Å². The van der Waals surface area contributed by atoms with E-state index in [2.05, 4.69) is 35.9 Å². The Morgan fingerprint density at radius 1 is 1.38 bits per heavy atom. The fourth-order valence-electron chi connectivity index (χ4n) is 6.37. The molecule has 6 atom stereocenters. The molecule has 1 aliphatic carbocycles. The largest absolute Gasteiger partial charge is 0.427 e. The molecule has 0 amide bonds. The molecule has 5 rings (SSSR count). The Balaban J connectivity index is 1.62. The molecule has 0 radical (unpaired) electrons. The molecule has 2 fully saturated rings. The van der Waals surface area contributed by atoms with Gasteiger partial charge in [0.2, 0.25) is 0 Å². The van der Waals surface area contributed by atoms with Gasteiger partial charge in [-0.05, 0) is 54.4 Å². The zero-order valence-corrected chi connectivity index (χ0v) is 15.9. The van der Waals surface area contributed by atoms with E-state index in [1.54, 1.807) is 0 Å². The highest BCUT2D eigenvalue weighted by Crippen LogP contribution is 2.54. The van der Waals surface area contributed by atoms with Gasteiger partial charge in [-0.2, -0.15) is 0 Å². The number of esters is 1. The van der Waals surface area contributed by atoms with Crippen LogP contribution >= 0.6 is 0 Å². The quantitative estimate of drug-likeness (QED) is 0.654. The number of H-pyrrole nitrogens is 1. The Bertz CT molecular complexity index is 870. The molecule has 1 saturated carbocycles. The van der Waals surface area contributed by atoms with Crippen LogP contribution in [-0.4, -0.2) is 35.0 Å². The minimum absolute atomic E-state index is 0.259. The standard InChI is InChI=1S/C22H28N2O2/c1-4-16-12(2)9-14-11-24-8-7-17-18-10-15(26-13(3)25)5-6-19(18)23-21(17)20(14)22(16)24/h5-6,10,12,14,16,20,22-23H,4,7-9,11H2,1-3H3/t12-,14-,16-,20-,22?/m0/s1. The predicted molar refractivity (Wildman–Crippen MR) is 102 cm³/mol. The summed E-state index contributed by atoms with van der Waals surface area (Å²) in [4.78, 5) is 17.9. The van der Waals surface area contributed by atoms with Crippen LogP contribution in [0.5, 0.6) is 5.75 Å². The molecule has 1 saturated heterocycles. The van der Waals surface area contributed by atoms with Crippen LogP contribution in [0.4, 0.5) is 0 Å². The van der Waals surface area contributed by atoms with Crippen molar-refractivity contribution in [1.82, 2.24) is 9.88 Å². The zero-order valence-electron chi connectivity index (χ0n) is 15.9. The summed E-state index contributed by atoms with van der Waals surface area (Å²) in [5.74, 6) is 3.44. The number of nitrogens with zero attached hydrogens (tertiary/aromatic N) is 1. The van der Waals surface area contributed by atoms with Crippen LogP contribution in [0.25, 0.3) is 10.9 Å². The van der Waals surface area contributed by atoms with Crippen LogP contribution in [0.15, 0.2) is 18.2 Å². The van der Waals surface area contributed by atoms with E-state index < -0.39 is 0 Å². The van der Waals surface area contributed by atoms with Crippen molar-refractivity contribution in [2.45, 2.75) is 52.0 Å². The summed E-state index contributed by atoms with van der Waals surface area (Å²) < 4.78 is 5.34. The van der Waals surface area contributed by atoms with Gasteiger partial charge in [0.1, 0.15) is 5.75 Å². The van der Waals surface area contributed by atoms with Crippen LogP contribution in [0.3, 0.4) is 0 Å². The maximum atomic E-state index is 11.3. The maximum Gasteiger partial charge on any atom is 0.308 e. The van der Waals surface area contributed by atoms with E-state index in [0.717, 1.165) is 30.7 Å². The molecule has 2 aliphatic heterocycles. The first-order valence-corrected chi connectivity index (χ1v) is 10.1. The second kappa shape index (κ2) is 5.85. The fourth-order valence-corrected chi connectivity index (χ4v) is 6.37. The number of carbonyl (C=O) groups is 1. The van der Waals surface area contributed by atoms with Crippen molar-refractivity contribution in [2.24, 2.45) is 17.8 Å². The van der Waals surface area contributed by atoms with E-state index in [1.165, 1.54) is 48.5 Å². The molecule has 1 aromatic carbocycles. The molecular formula is C22H28N2O2. The van der Waals surface area contributed by atoms with Gasteiger partial charge in [0.05, 0.1) is 0 Å². The molecule has 2 unspecified atom stereocenters. The number of ether oxygens (including phenoxy) is 1. The van der Waals surface area contributed by atoms with Crippen molar-refractivity contribution >= 4 is 16.9 Å². The number of hydrogen-bond acceptors (Lipinski definition) is 3. The van der Waals surface area contributed by atoms with Gasteiger partial charge in [0, 0.05) is 48.6 Å². The topological polar surface area (TPSA) is 45.3 Å². The van der Waals surface area contributed by atoms with Crippen LogP contribution in [-0.2, 0) is 11.2 Å². The third-order valence-electron chi connectivity index (χ3n) is 7.24. The van der Waals surface area contributed by atoms with Gasteiger partial charge in [0.25, 0.3) is 0 Å². The number of hydrogen-bond donors (Lipinski definition) is 1. The lowest BCUT2D eigenvalue weighted by atomic mass is 9.66. The summed E-state index contributed by atoms with van der Waals surface area (Å²) in [5.41, 5.74) is 4.12. The molecule has 3 aliphatic rings. The number of nitrogens with one attached hydrogen (secondary N) is 1. The SMILES string of the molecule is CC[C@@H]1C2[C@@H]3c4[nH]c5ccc(OC(C)=O)cc5c4CCN2C[C@@H]3C[C@@H]1C. The van der Waals surface area contributed by atoms with Crippen LogP contribution in [0.1, 0.15) is 50.8 Å². The van der Waals surface area contributed by atoms with Crippen molar-refractivity contribution < 1.29 is 9.53 Å². The molecule has 138 valence electrons. The molecule has 0 spiro atoms. The van der Waals surface area contributed by atoms with Crippen LogP contribution in [0.2, 0.25) is 0 Å². The molecule has 2 aromatic rings. The van der Waals surface area contributed by atoms with Crippen molar-refractivity contribution in [3.63, 3.8) is 0 Å². The van der Waals surface area contributed by atoms with Gasteiger partial charge in [-0.15, -0.1) is 0 Å². The number of aromatic nitrogens is 1. The predicted octanol–water partition coefficient (Wildman–Crippen LogP) is 4.10. The van der Waals surface area contributed by atoms with Gasteiger partial charge in [-0.25, -0.2) is 0 Å². The number of rotatable bonds is 2. The summed E-state index contributed by atoms with van der Waals surface area (Å²) in [6.07, 6.45) is 3.71. The van der Waals surface area contributed by atoms with Gasteiger partial charge in [-0.1, -0.05) is 20.3 Å². The van der Waals surface area contributed by atoms with Crippen molar-refractivity contribution in [2.75, 3.05) is 13.1 Å². The summed E-state index contributed by atoms with van der Waals surface area (Å²) in [6, 6.07) is 6.72.